The van der Waals surface area contributed by atoms with E-state index in [1.807, 2.05) is 20.8 Å². The molecule has 33 heavy (non-hydrogen) atoms. The minimum Gasteiger partial charge on any atom is -0.444 e. The van der Waals surface area contributed by atoms with Crippen LogP contribution in [0.4, 0.5) is 4.79 Å². The van der Waals surface area contributed by atoms with E-state index in [4.69, 9.17) is 14.6 Å². The summed E-state index contributed by atoms with van der Waals surface area (Å²) in [6, 6.07) is 0. The van der Waals surface area contributed by atoms with Crippen molar-refractivity contribution in [3.63, 3.8) is 0 Å². The molecule has 0 aromatic carbocycles. The van der Waals surface area contributed by atoms with Crippen molar-refractivity contribution in [3.05, 3.63) is 17.5 Å². The van der Waals surface area contributed by atoms with E-state index in [1.165, 1.54) is 30.5 Å². The second-order valence-corrected chi connectivity index (χ2v) is 13.9. The van der Waals surface area contributed by atoms with Gasteiger partial charge in [-0.15, -0.1) is 0 Å². The lowest BCUT2D eigenvalue weighted by atomic mass is 9.72. The smallest absolute Gasteiger partial charge is 0.410 e. The van der Waals surface area contributed by atoms with E-state index in [9.17, 15) is 4.79 Å². The monoisotopic (exact) mass is 592 g/mol. The highest BCUT2D eigenvalue weighted by atomic mass is 127. The molecular formula is C24H42IN4O3P. The van der Waals surface area contributed by atoms with Crippen LogP contribution in [-0.4, -0.2) is 70.4 Å². The van der Waals surface area contributed by atoms with Crippen LogP contribution in [0.2, 0.25) is 0 Å². The zero-order valence-electron chi connectivity index (χ0n) is 21.4. The molecule has 3 rings (SSSR count). The molecule has 1 saturated heterocycles. The molecule has 1 aromatic rings. The maximum Gasteiger partial charge on any atom is 0.410 e. The molecule has 1 aliphatic carbocycles. The summed E-state index contributed by atoms with van der Waals surface area (Å²) in [4.78, 5) is 16.1. The number of nitrogens with zero attached hydrogens (tertiary/aromatic N) is 4. The van der Waals surface area contributed by atoms with E-state index < -0.39 is 5.60 Å². The van der Waals surface area contributed by atoms with Crippen LogP contribution < -0.4 is 0 Å². The van der Waals surface area contributed by atoms with Gasteiger partial charge in [-0.1, -0.05) is 13.8 Å². The van der Waals surface area contributed by atoms with E-state index in [-0.39, 0.29) is 11.7 Å². The van der Waals surface area contributed by atoms with Crippen LogP contribution in [0.5, 0.6) is 0 Å². The van der Waals surface area contributed by atoms with E-state index in [2.05, 4.69) is 58.5 Å². The highest BCUT2D eigenvalue weighted by Gasteiger charge is 2.46. The summed E-state index contributed by atoms with van der Waals surface area (Å²) in [5, 5.41) is 4.91. The minimum absolute atomic E-state index is 0.101. The number of carbonyl (C=O) groups excluding carboxylic acids is 1. The molecule has 2 fully saturated rings. The fraction of sp³-hybridized carbons (Fsp3) is 0.833. The van der Waals surface area contributed by atoms with E-state index in [1.54, 1.807) is 11.9 Å². The summed E-state index contributed by atoms with van der Waals surface area (Å²) in [6.45, 7) is 13.4. The lowest BCUT2D eigenvalue weighted by molar-refractivity contribution is -0.0294. The number of rotatable bonds is 7. The first kappa shape index (κ1) is 27.2. The molecule has 1 unspecified atom stereocenters. The van der Waals surface area contributed by atoms with E-state index in [0.717, 1.165) is 32.5 Å². The average Bonchev–Trinajstić information content (AvgIpc) is 3.25. The first-order chi connectivity index (χ1) is 15.3. The topological polar surface area (TPSA) is 59.8 Å². The Morgan fingerprint density at radius 3 is 2.52 bits per heavy atom. The summed E-state index contributed by atoms with van der Waals surface area (Å²) in [7, 11) is 3.89. The van der Waals surface area contributed by atoms with Gasteiger partial charge in [0.1, 0.15) is 5.60 Å². The summed E-state index contributed by atoms with van der Waals surface area (Å²) in [6.07, 6.45) is 8.41. The molecule has 1 aliphatic heterocycles. The third-order valence-electron chi connectivity index (χ3n) is 6.76. The largest absolute Gasteiger partial charge is 0.444 e. The molecule has 0 bridgehead atoms. The SMILES string of the molecule is CN(CCN(C)C(=O)OC(C)(C)C)Cc1nn(PI)cc1C1CCC2(CC1)CC(C)(C)CO2. The van der Waals surface area contributed by atoms with Crippen molar-refractivity contribution in [1.82, 2.24) is 19.4 Å². The number of carbonyl (C=O) groups is 1. The summed E-state index contributed by atoms with van der Waals surface area (Å²) in [5.74, 6) is 0.553. The van der Waals surface area contributed by atoms with E-state index in [0.29, 0.717) is 24.3 Å². The predicted molar refractivity (Wildman–Crippen MR) is 143 cm³/mol. The van der Waals surface area contributed by atoms with Gasteiger partial charge in [0.05, 0.1) is 24.3 Å². The number of amides is 1. The molecule has 2 heterocycles. The Labute approximate surface area is 214 Å². The Bertz CT molecular complexity index is 815. The molecular weight excluding hydrogens is 550 g/mol. The standard InChI is InChI=1S/C24H42IN4O3P/c1-22(2,3)32-21(30)28(7)13-12-27(6)15-20-19(14-29(26-20)33-25)18-8-10-24(11-9-18)16-23(4,5)17-31-24/h14,18,33H,8-13,15-17H2,1-7H3. The van der Waals surface area contributed by atoms with Crippen LogP contribution in [0.1, 0.15) is 83.9 Å². The van der Waals surface area contributed by atoms with Crippen molar-refractivity contribution in [2.75, 3.05) is 33.8 Å². The Morgan fingerprint density at radius 2 is 1.97 bits per heavy atom. The molecule has 188 valence electrons. The predicted octanol–water partition coefficient (Wildman–Crippen LogP) is 5.82. The van der Waals surface area contributed by atoms with Gasteiger partial charge in [-0.05, 0) is 98.9 Å². The fourth-order valence-corrected chi connectivity index (χ4v) is 6.20. The third-order valence-corrected chi connectivity index (χ3v) is 8.64. The van der Waals surface area contributed by atoms with Gasteiger partial charge in [0, 0.05) is 32.9 Å². The summed E-state index contributed by atoms with van der Waals surface area (Å²) < 4.78 is 13.9. The van der Waals surface area contributed by atoms with Gasteiger partial charge in [-0.2, -0.15) is 5.10 Å². The first-order valence-corrected chi connectivity index (χ1v) is 16.1. The Kier molecular flexibility index (Phi) is 8.78. The Balaban J connectivity index is 1.57. The molecule has 0 N–H and O–H groups in total. The fourth-order valence-electron chi connectivity index (χ4n) is 5.12. The van der Waals surface area contributed by atoms with Crippen molar-refractivity contribution in [1.29, 1.82) is 0 Å². The number of hydrogen-bond donors (Lipinski definition) is 0. The molecule has 0 radical (unpaired) electrons. The molecule has 1 amide bonds. The van der Waals surface area contributed by atoms with Gasteiger partial charge in [0.15, 0.2) is 0 Å². The van der Waals surface area contributed by atoms with Crippen LogP contribution in [-0.2, 0) is 16.0 Å². The Hall–Kier alpha value is -0.440. The molecule has 1 saturated carbocycles. The molecule has 7 nitrogen and oxygen atoms in total. The van der Waals surface area contributed by atoms with Gasteiger partial charge >= 0.3 is 6.09 Å². The average molecular weight is 593 g/mol. The molecule has 1 spiro atoms. The lowest BCUT2D eigenvalue weighted by Gasteiger charge is -2.37. The number of likely N-dealkylation sites (N-methyl/N-ethyl adjacent to an activating group) is 2. The number of aromatic nitrogens is 2. The van der Waals surface area contributed by atoms with Gasteiger partial charge in [0.2, 0.25) is 0 Å². The first-order valence-electron chi connectivity index (χ1n) is 12.0. The quantitative estimate of drug-likeness (QED) is 0.295. The highest BCUT2D eigenvalue weighted by molar-refractivity contribution is 14.2. The van der Waals surface area contributed by atoms with Crippen molar-refractivity contribution < 1.29 is 14.3 Å². The van der Waals surface area contributed by atoms with Crippen LogP contribution in [0.3, 0.4) is 0 Å². The van der Waals surface area contributed by atoms with Crippen LogP contribution >= 0.6 is 28.4 Å². The minimum atomic E-state index is -0.475. The third kappa shape index (κ3) is 7.52. The van der Waals surface area contributed by atoms with Gasteiger partial charge in [-0.3, -0.25) is 4.90 Å². The van der Waals surface area contributed by atoms with Gasteiger partial charge in [0.25, 0.3) is 0 Å². The zero-order chi connectivity index (χ0) is 24.4. The maximum absolute atomic E-state index is 12.2. The van der Waals surface area contributed by atoms with Crippen LogP contribution in [0.15, 0.2) is 6.20 Å². The van der Waals surface area contributed by atoms with Crippen molar-refractivity contribution in [2.24, 2.45) is 5.41 Å². The molecule has 9 heteroatoms. The van der Waals surface area contributed by atoms with Gasteiger partial charge in [-0.25, -0.2) is 9.25 Å². The lowest BCUT2D eigenvalue weighted by Crippen LogP contribution is -2.38. The summed E-state index contributed by atoms with van der Waals surface area (Å²) in [5.41, 5.74) is 2.51. The zero-order valence-corrected chi connectivity index (χ0v) is 24.6. The molecule has 2 aliphatic rings. The Morgan fingerprint density at radius 1 is 1.30 bits per heavy atom. The van der Waals surface area contributed by atoms with Crippen molar-refractivity contribution >= 4 is 34.5 Å². The highest BCUT2D eigenvalue weighted by Crippen LogP contribution is 2.50. The molecule has 1 aromatic heterocycles. The van der Waals surface area contributed by atoms with E-state index >= 15 is 0 Å². The number of hydrogen-bond acceptors (Lipinski definition) is 5. The van der Waals surface area contributed by atoms with Crippen molar-refractivity contribution in [2.45, 2.75) is 90.4 Å². The van der Waals surface area contributed by atoms with Crippen LogP contribution in [0, 0.1) is 5.41 Å². The second-order valence-electron chi connectivity index (χ2n) is 11.8. The maximum atomic E-state index is 12.2. The second kappa shape index (κ2) is 10.7. The summed E-state index contributed by atoms with van der Waals surface area (Å²) >= 11 is 2.40. The number of halogens is 1. The molecule has 1 atom stereocenters. The normalized spacial score (nSPS) is 25.4. The number of ether oxygens (including phenoxy) is 2. The van der Waals surface area contributed by atoms with Crippen molar-refractivity contribution in [3.8, 4) is 0 Å². The van der Waals surface area contributed by atoms with Crippen LogP contribution in [0.25, 0.3) is 0 Å². The van der Waals surface area contributed by atoms with Gasteiger partial charge < -0.3 is 14.4 Å².